The average Bonchev–Trinajstić information content (AvgIpc) is 2.30. The van der Waals surface area contributed by atoms with Gasteiger partial charge in [0, 0.05) is 0 Å². The summed E-state index contributed by atoms with van der Waals surface area (Å²) >= 11 is 0. The van der Waals surface area contributed by atoms with Gasteiger partial charge in [-0.3, -0.25) is 0 Å². The van der Waals surface area contributed by atoms with E-state index in [9.17, 15) is 0 Å². The maximum absolute atomic E-state index is 2.45. The molecule has 2 rings (SSSR count). The molecule has 0 bridgehead atoms. The van der Waals surface area contributed by atoms with Crippen LogP contribution in [0.25, 0.3) is 0 Å². The standard InChI is InChI=1S/C15H28/c1-12(2)14-10-6-7-11-15(14)13-8-4-3-5-9-13/h12-15H,3-11H2,1-2H3/t14-,15-/m1/s1. The van der Waals surface area contributed by atoms with Gasteiger partial charge in [0.05, 0.1) is 0 Å². The Morgan fingerprint density at radius 2 is 1.33 bits per heavy atom. The molecule has 2 saturated carbocycles. The van der Waals surface area contributed by atoms with Crippen molar-refractivity contribution in [1.82, 2.24) is 0 Å². The minimum atomic E-state index is 0.928. The van der Waals surface area contributed by atoms with Gasteiger partial charge in [-0.2, -0.15) is 0 Å². The van der Waals surface area contributed by atoms with Gasteiger partial charge in [0.25, 0.3) is 0 Å². The highest BCUT2D eigenvalue weighted by molar-refractivity contribution is 4.84. The normalized spacial score (nSPS) is 34.6. The van der Waals surface area contributed by atoms with Gasteiger partial charge in [0.1, 0.15) is 0 Å². The predicted octanol–water partition coefficient (Wildman–Crippen LogP) is 5.03. The summed E-state index contributed by atoms with van der Waals surface area (Å²) in [5.74, 6) is 4.18. The Balaban J connectivity index is 1.96. The summed E-state index contributed by atoms with van der Waals surface area (Å²) in [6.07, 6.45) is 13.7. The van der Waals surface area contributed by atoms with E-state index in [1.54, 1.807) is 19.3 Å². The number of hydrogen-bond donors (Lipinski definition) is 0. The molecule has 2 fully saturated rings. The minimum absolute atomic E-state index is 0.928. The van der Waals surface area contributed by atoms with Crippen molar-refractivity contribution in [3.05, 3.63) is 0 Å². The van der Waals surface area contributed by atoms with Crippen LogP contribution in [-0.2, 0) is 0 Å². The highest BCUT2D eigenvalue weighted by atomic mass is 14.4. The molecule has 0 aliphatic heterocycles. The van der Waals surface area contributed by atoms with Crippen molar-refractivity contribution in [2.24, 2.45) is 23.7 Å². The van der Waals surface area contributed by atoms with E-state index < -0.39 is 0 Å². The lowest BCUT2D eigenvalue weighted by Crippen LogP contribution is -2.31. The van der Waals surface area contributed by atoms with Crippen molar-refractivity contribution in [2.45, 2.75) is 71.6 Å². The fourth-order valence-electron chi connectivity index (χ4n) is 4.16. The molecule has 0 saturated heterocycles. The molecular formula is C15H28. The van der Waals surface area contributed by atoms with Crippen LogP contribution in [-0.4, -0.2) is 0 Å². The predicted molar refractivity (Wildman–Crippen MR) is 66.9 cm³/mol. The second-order valence-electron chi connectivity index (χ2n) is 6.25. The van der Waals surface area contributed by atoms with Crippen LogP contribution < -0.4 is 0 Å². The van der Waals surface area contributed by atoms with Crippen LogP contribution in [0.5, 0.6) is 0 Å². The fourth-order valence-corrected chi connectivity index (χ4v) is 4.16. The molecule has 88 valence electrons. The Kier molecular flexibility index (Phi) is 4.11. The van der Waals surface area contributed by atoms with Gasteiger partial charge in [-0.05, 0) is 36.5 Å². The number of hydrogen-bond acceptors (Lipinski definition) is 0. The molecule has 15 heavy (non-hydrogen) atoms. The lowest BCUT2D eigenvalue weighted by atomic mass is 9.65. The molecule has 2 aliphatic carbocycles. The van der Waals surface area contributed by atoms with Crippen molar-refractivity contribution < 1.29 is 0 Å². The second kappa shape index (κ2) is 5.37. The molecule has 2 atom stereocenters. The lowest BCUT2D eigenvalue weighted by Gasteiger charge is -2.41. The molecule has 0 spiro atoms. The van der Waals surface area contributed by atoms with Gasteiger partial charge in [0.2, 0.25) is 0 Å². The Bertz CT molecular complexity index is 176. The molecule has 0 amide bonds. The van der Waals surface area contributed by atoms with Crippen molar-refractivity contribution in [3.8, 4) is 0 Å². The molecule has 0 N–H and O–H groups in total. The minimum Gasteiger partial charge on any atom is -0.0625 e. The summed E-state index contributed by atoms with van der Waals surface area (Å²) in [5, 5.41) is 0. The first-order valence-electron chi connectivity index (χ1n) is 7.29. The van der Waals surface area contributed by atoms with E-state index >= 15 is 0 Å². The second-order valence-corrected chi connectivity index (χ2v) is 6.25. The topological polar surface area (TPSA) is 0 Å². The largest absolute Gasteiger partial charge is 0.0625 e. The van der Waals surface area contributed by atoms with E-state index in [1.165, 1.54) is 38.5 Å². The van der Waals surface area contributed by atoms with Gasteiger partial charge in [-0.25, -0.2) is 0 Å². The molecular weight excluding hydrogens is 180 g/mol. The third-order valence-corrected chi connectivity index (χ3v) is 4.99. The maximum atomic E-state index is 2.45. The van der Waals surface area contributed by atoms with Crippen LogP contribution in [0, 0.1) is 23.7 Å². The first kappa shape index (κ1) is 11.5. The van der Waals surface area contributed by atoms with Gasteiger partial charge in [-0.1, -0.05) is 58.8 Å². The van der Waals surface area contributed by atoms with Crippen LogP contribution in [0.1, 0.15) is 71.6 Å². The fraction of sp³-hybridized carbons (Fsp3) is 1.00. The van der Waals surface area contributed by atoms with Crippen LogP contribution in [0.3, 0.4) is 0 Å². The van der Waals surface area contributed by atoms with Crippen molar-refractivity contribution >= 4 is 0 Å². The third-order valence-electron chi connectivity index (χ3n) is 4.99. The summed E-state index contributed by atoms with van der Waals surface area (Å²) in [7, 11) is 0. The van der Waals surface area contributed by atoms with E-state index in [0.717, 1.165) is 23.7 Å². The highest BCUT2D eigenvalue weighted by Gasteiger charge is 2.33. The lowest BCUT2D eigenvalue weighted by molar-refractivity contribution is 0.0968. The zero-order chi connectivity index (χ0) is 10.7. The van der Waals surface area contributed by atoms with Gasteiger partial charge < -0.3 is 0 Å². The molecule has 2 aliphatic rings. The Hall–Kier alpha value is 0. The summed E-state index contributed by atoms with van der Waals surface area (Å²) in [5.41, 5.74) is 0. The molecule has 0 aromatic heterocycles. The summed E-state index contributed by atoms with van der Waals surface area (Å²) in [6.45, 7) is 4.90. The highest BCUT2D eigenvalue weighted by Crippen LogP contribution is 2.44. The summed E-state index contributed by atoms with van der Waals surface area (Å²) < 4.78 is 0. The SMILES string of the molecule is CC(C)[C@H]1CCCC[C@@H]1C1CCCCC1. The van der Waals surface area contributed by atoms with Crippen molar-refractivity contribution in [1.29, 1.82) is 0 Å². The molecule has 0 heterocycles. The zero-order valence-electron chi connectivity index (χ0n) is 10.7. The first-order valence-corrected chi connectivity index (χ1v) is 7.29. The molecule has 0 unspecified atom stereocenters. The Morgan fingerprint density at radius 1 is 0.733 bits per heavy atom. The molecule has 0 nitrogen and oxygen atoms in total. The summed E-state index contributed by atoms with van der Waals surface area (Å²) in [6, 6.07) is 0. The van der Waals surface area contributed by atoms with E-state index in [-0.39, 0.29) is 0 Å². The van der Waals surface area contributed by atoms with E-state index in [2.05, 4.69) is 13.8 Å². The quantitative estimate of drug-likeness (QED) is 0.597. The van der Waals surface area contributed by atoms with E-state index in [0.29, 0.717) is 0 Å². The van der Waals surface area contributed by atoms with Gasteiger partial charge in [-0.15, -0.1) is 0 Å². The van der Waals surface area contributed by atoms with Gasteiger partial charge in [0.15, 0.2) is 0 Å². The number of rotatable bonds is 2. The van der Waals surface area contributed by atoms with E-state index in [4.69, 9.17) is 0 Å². The zero-order valence-corrected chi connectivity index (χ0v) is 10.7. The van der Waals surface area contributed by atoms with Crippen LogP contribution in [0.2, 0.25) is 0 Å². The third kappa shape index (κ3) is 2.77. The molecule has 0 radical (unpaired) electrons. The van der Waals surface area contributed by atoms with Crippen molar-refractivity contribution in [2.75, 3.05) is 0 Å². The monoisotopic (exact) mass is 208 g/mol. The summed E-state index contributed by atoms with van der Waals surface area (Å²) in [4.78, 5) is 0. The van der Waals surface area contributed by atoms with Crippen LogP contribution in [0.4, 0.5) is 0 Å². The van der Waals surface area contributed by atoms with Crippen LogP contribution >= 0.6 is 0 Å². The van der Waals surface area contributed by atoms with Crippen LogP contribution in [0.15, 0.2) is 0 Å². The maximum Gasteiger partial charge on any atom is -0.0355 e. The Morgan fingerprint density at radius 3 is 2.00 bits per heavy atom. The van der Waals surface area contributed by atoms with E-state index in [1.807, 2.05) is 0 Å². The van der Waals surface area contributed by atoms with Gasteiger partial charge >= 0.3 is 0 Å². The molecule has 0 heteroatoms. The first-order chi connectivity index (χ1) is 7.29. The van der Waals surface area contributed by atoms with Crippen molar-refractivity contribution in [3.63, 3.8) is 0 Å². The molecule has 0 aromatic rings. The molecule has 0 aromatic carbocycles. The Labute approximate surface area is 95.8 Å². The smallest absolute Gasteiger partial charge is 0.0355 e. The average molecular weight is 208 g/mol.